The van der Waals surface area contributed by atoms with E-state index < -0.39 is 4.92 Å². The maximum absolute atomic E-state index is 10.8. The summed E-state index contributed by atoms with van der Waals surface area (Å²) in [6.45, 7) is 0.153. The molecule has 0 aliphatic carbocycles. The number of nitrogens with zero attached hydrogens (tertiary/aromatic N) is 2. The lowest BCUT2D eigenvalue weighted by atomic mass is 10.3. The van der Waals surface area contributed by atoms with Gasteiger partial charge in [0.1, 0.15) is 6.61 Å². The van der Waals surface area contributed by atoms with Crippen molar-refractivity contribution in [2.45, 2.75) is 6.61 Å². The summed E-state index contributed by atoms with van der Waals surface area (Å²) in [7, 11) is 0. The zero-order chi connectivity index (χ0) is 13.8. The number of hydrazine groups is 1. The summed E-state index contributed by atoms with van der Waals surface area (Å²) in [5.74, 6) is 5.32. The number of benzene rings is 1. The van der Waals surface area contributed by atoms with Crippen molar-refractivity contribution in [3.8, 4) is 5.75 Å². The number of halogens is 1. The van der Waals surface area contributed by atoms with Crippen molar-refractivity contribution in [1.82, 2.24) is 4.98 Å². The number of thiazole rings is 1. The van der Waals surface area contributed by atoms with Crippen LogP contribution < -0.4 is 16.0 Å². The Hall–Kier alpha value is -1.90. The third kappa shape index (κ3) is 3.31. The summed E-state index contributed by atoms with van der Waals surface area (Å²) in [5.41, 5.74) is 2.27. The number of nitrogens with two attached hydrogens (primary N) is 1. The fourth-order valence-corrected chi connectivity index (χ4v) is 2.14. The van der Waals surface area contributed by atoms with E-state index in [9.17, 15) is 10.1 Å². The van der Waals surface area contributed by atoms with Gasteiger partial charge in [0.2, 0.25) is 0 Å². The van der Waals surface area contributed by atoms with Crippen molar-refractivity contribution in [1.29, 1.82) is 0 Å². The minimum Gasteiger partial charge on any atom is -0.481 e. The Labute approximate surface area is 117 Å². The van der Waals surface area contributed by atoms with Crippen molar-refractivity contribution >= 4 is 33.8 Å². The van der Waals surface area contributed by atoms with Crippen LogP contribution in [0.15, 0.2) is 24.4 Å². The Kier molecular flexibility index (Phi) is 4.15. The van der Waals surface area contributed by atoms with Crippen LogP contribution in [0.2, 0.25) is 5.02 Å². The van der Waals surface area contributed by atoms with E-state index in [0.717, 1.165) is 4.88 Å². The van der Waals surface area contributed by atoms with Crippen LogP contribution >= 0.6 is 22.9 Å². The molecule has 100 valence electrons. The molecule has 0 atom stereocenters. The Morgan fingerprint density at radius 2 is 2.37 bits per heavy atom. The number of nitrogens with one attached hydrogen (secondary N) is 1. The van der Waals surface area contributed by atoms with Crippen molar-refractivity contribution < 1.29 is 9.66 Å². The molecule has 0 fully saturated rings. The molecule has 0 aliphatic heterocycles. The molecule has 0 spiro atoms. The maximum Gasteiger partial charge on any atom is 0.311 e. The van der Waals surface area contributed by atoms with Crippen LogP contribution in [0.3, 0.4) is 0 Å². The largest absolute Gasteiger partial charge is 0.481 e. The van der Waals surface area contributed by atoms with Gasteiger partial charge in [0.15, 0.2) is 10.9 Å². The molecule has 1 aromatic heterocycles. The number of aromatic nitrogens is 1. The summed E-state index contributed by atoms with van der Waals surface area (Å²) in [4.78, 5) is 15.1. The number of hydrogen-bond donors (Lipinski definition) is 2. The van der Waals surface area contributed by atoms with Crippen LogP contribution in [0, 0.1) is 10.1 Å². The maximum atomic E-state index is 10.8. The van der Waals surface area contributed by atoms with Gasteiger partial charge < -0.3 is 4.74 Å². The van der Waals surface area contributed by atoms with E-state index in [1.165, 1.54) is 29.5 Å². The topological polar surface area (TPSA) is 103 Å². The van der Waals surface area contributed by atoms with E-state index in [1.54, 1.807) is 6.20 Å². The highest BCUT2D eigenvalue weighted by Gasteiger charge is 2.15. The number of nitro groups is 1. The molecule has 2 rings (SSSR count). The van der Waals surface area contributed by atoms with Crippen LogP contribution in [0.1, 0.15) is 4.88 Å². The highest BCUT2D eigenvalue weighted by atomic mass is 35.5. The normalized spacial score (nSPS) is 10.2. The van der Waals surface area contributed by atoms with Gasteiger partial charge in [0.25, 0.3) is 0 Å². The van der Waals surface area contributed by atoms with Crippen LogP contribution in [0.5, 0.6) is 5.75 Å². The van der Waals surface area contributed by atoms with E-state index in [0.29, 0.717) is 10.2 Å². The quantitative estimate of drug-likeness (QED) is 0.499. The summed E-state index contributed by atoms with van der Waals surface area (Å²) in [6, 6.07) is 4.15. The molecular formula is C10H9ClN4O3S. The van der Waals surface area contributed by atoms with Gasteiger partial charge in [0.05, 0.1) is 9.80 Å². The number of nitrogen functional groups attached to an aromatic ring is 1. The third-order valence-corrected chi connectivity index (χ3v) is 3.30. The molecule has 1 aromatic carbocycles. The van der Waals surface area contributed by atoms with E-state index in [2.05, 4.69) is 10.4 Å². The first-order chi connectivity index (χ1) is 9.10. The standard InChI is InChI=1S/C10H9ClN4O3S/c11-6-1-2-8(15(16)17)9(3-6)18-5-7-4-13-10(14-12)19-7/h1-4H,5,12H2,(H,13,14). The third-order valence-electron chi connectivity index (χ3n) is 2.17. The van der Waals surface area contributed by atoms with Crippen LogP contribution in [0.4, 0.5) is 10.8 Å². The fraction of sp³-hybridized carbons (Fsp3) is 0.100. The zero-order valence-electron chi connectivity index (χ0n) is 9.50. The number of ether oxygens (including phenoxy) is 1. The number of nitro benzene ring substituents is 1. The Morgan fingerprint density at radius 3 is 3.00 bits per heavy atom. The first-order valence-corrected chi connectivity index (χ1v) is 6.27. The molecule has 3 N–H and O–H groups in total. The van der Waals surface area contributed by atoms with Gasteiger partial charge in [-0.15, -0.1) is 0 Å². The molecular weight excluding hydrogens is 292 g/mol. The Balaban J connectivity index is 2.14. The summed E-state index contributed by atoms with van der Waals surface area (Å²) in [6.07, 6.45) is 1.58. The fourth-order valence-electron chi connectivity index (χ4n) is 1.34. The SMILES string of the molecule is NNc1ncc(COc2cc(Cl)ccc2[N+](=O)[O-])s1. The van der Waals surface area contributed by atoms with Crippen molar-refractivity contribution in [2.75, 3.05) is 5.43 Å². The molecule has 0 bridgehead atoms. The molecule has 7 nitrogen and oxygen atoms in total. The van der Waals surface area contributed by atoms with E-state index in [1.807, 2.05) is 0 Å². The summed E-state index contributed by atoms with van der Waals surface area (Å²) in [5, 5.41) is 11.8. The van der Waals surface area contributed by atoms with Gasteiger partial charge in [-0.05, 0) is 6.07 Å². The second-order valence-electron chi connectivity index (χ2n) is 3.43. The zero-order valence-corrected chi connectivity index (χ0v) is 11.1. The van der Waals surface area contributed by atoms with Gasteiger partial charge >= 0.3 is 5.69 Å². The Bertz CT molecular complexity index is 604. The molecule has 0 saturated carbocycles. The molecule has 0 radical (unpaired) electrons. The van der Waals surface area contributed by atoms with Gasteiger partial charge in [-0.1, -0.05) is 22.9 Å². The molecule has 2 aromatic rings. The van der Waals surface area contributed by atoms with Gasteiger partial charge in [-0.3, -0.25) is 15.5 Å². The minimum absolute atomic E-state index is 0.119. The molecule has 9 heteroatoms. The molecule has 1 heterocycles. The molecule has 19 heavy (non-hydrogen) atoms. The molecule has 0 aliphatic rings. The second kappa shape index (κ2) is 5.83. The average Bonchev–Trinajstić information content (AvgIpc) is 2.84. The van der Waals surface area contributed by atoms with Crippen LogP contribution in [-0.4, -0.2) is 9.91 Å². The highest BCUT2D eigenvalue weighted by Crippen LogP contribution is 2.31. The predicted octanol–water partition coefficient (Wildman–Crippen LogP) is 2.57. The van der Waals surface area contributed by atoms with E-state index in [4.69, 9.17) is 22.2 Å². The van der Waals surface area contributed by atoms with E-state index >= 15 is 0 Å². The van der Waals surface area contributed by atoms with Gasteiger partial charge in [0, 0.05) is 23.4 Å². The first-order valence-electron chi connectivity index (χ1n) is 5.08. The average molecular weight is 301 g/mol. The number of rotatable bonds is 5. The first kappa shape index (κ1) is 13.5. The minimum atomic E-state index is -0.523. The second-order valence-corrected chi connectivity index (χ2v) is 4.99. The lowest BCUT2D eigenvalue weighted by Gasteiger charge is -2.05. The lowest BCUT2D eigenvalue weighted by molar-refractivity contribution is -0.385. The van der Waals surface area contributed by atoms with Crippen LogP contribution in [0.25, 0.3) is 0 Å². The van der Waals surface area contributed by atoms with Crippen LogP contribution in [-0.2, 0) is 6.61 Å². The molecule has 0 saturated heterocycles. The highest BCUT2D eigenvalue weighted by molar-refractivity contribution is 7.15. The van der Waals surface area contributed by atoms with Crippen molar-refractivity contribution in [2.24, 2.45) is 5.84 Å². The van der Waals surface area contributed by atoms with E-state index in [-0.39, 0.29) is 18.0 Å². The lowest BCUT2D eigenvalue weighted by Crippen LogP contribution is -2.05. The number of hydrogen-bond acceptors (Lipinski definition) is 7. The summed E-state index contributed by atoms with van der Waals surface area (Å²) < 4.78 is 5.40. The Morgan fingerprint density at radius 1 is 1.58 bits per heavy atom. The van der Waals surface area contributed by atoms with Gasteiger partial charge in [-0.2, -0.15) is 0 Å². The van der Waals surface area contributed by atoms with Crippen molar-refractivity contribution in [3.05, 3.63) is 44.4 Å². The van der Waals surface area contributed by atoms with Gasteiger partial charge in [-0.25, -0.2) is 10.8 Å². The van der Waals surface area contributed by atoms with Crippen molar-refractivity contribution in [3.63, 3.8) is 0 Å². The molecule has 0 unspecified atom stereocenters. The monoisotopic (exact) mass is 300 g/mol. The molecule has 0 amide bonds. The predicted molar refractivity (Wildman–Crippen MR) is 72.4 cm³/mol. The smallest absolute Gasteiger partial charge is 0.311 e. The number of anilines is 1. The summed E-state index contributed by atoms with van der Waals surface area (Å²) >= 11 is 7.09.